The summed E-state index contributed by atoms with van der Waals surface area (Å²) >= 11 is 0. The minimum absolute atomic E-state index is 0.194. The molecule has 0 unspecified atom stereocenters. The Hall–Kier alpha value is -2.21. The molecule has 1 aromatic heterocycles. The van der Waals surface area contributed by atoms with Crippen molar-refractivity contribution in [3.8, 4) is 11.5 Å². The predicted octanol–water partition coefficient (Wildman–Crippen LogP) is 2.98. The number of hydrogen-bond acceptors (Lipinski definition) is 5. The number of aromatic carboxylic acids is 1. The number of nitrogens with zero attached hydrogens (tertiary/aromatic N) is 2. The lowest BCUT2D eigenvalue weighted by molar-refractivity contribution is 0.0696. The number of carboxylic acids is 1. The van der Waals surface area contributed by atoms with Crippen molar-refractivity contribution >= 4 is 5.97 Å². The van der Waals surface area contributed by atoms with Gasteiger partial charge in [0.1, 0.15) is 6.61 Å². The molecule has 21 heavy (non-hydrogen) atoms. The van der Waals surface area contributed by atoms with Crippen LogP contribution < -0.4 is 0 Å². The molecule has 0 aliphatic rings. The molecule has 0 spiro atoms. The third-order valence-electron chi connectivity index (χ3n) is 3.10. The van der Waals surface area contributed by atoms with E-state index in [1.54, 1.807) is 13.0 Å². The second-order valence-corrected chi connectivity index (χ2v) is 4.82. The van der Waals surface area contributed by atoms with Crippen LogP contribution in [0.2, 0.25) is 0 Å². The number of benzene rings is 1. The predicted molar refractivity (Wildman–Crippen MR) is 76.1 cm³/mol. The van der Waals surface area contributed by atoms with Gasteiger partial charge in [-0.05, 0) is 31.4 Å². The number of aromatic nitrogens is 2. The molecule has 0 bridgehead atoms. The molecule has 0 fully saturated rings. The van der Waals surface area contributed by atoms with Crippen LogP contribution in [0, 0.1) is 13.8 Å². The molecule has 1 aromatic carbocycles. The molecular formula is C15H18N2O4. The minimum Gasteiger partial charge on any atom is -0.478 e. The molecule has 2 rings (SSSR count). The van der Waals surface area contributed by atoms with Gasteiger partial charge in [-0.1, -0.05) is 24.2 Å². The zero-order valence-electron chi connectivity index (χ0n) is 12.3. The van der Waals surface area contributed by atoms with E-state index < -0.39 is 5.97 Å². The first-order chi connectivity index (χ1) is 10.0. The molecule has 6 heteroatoms. The normalized spacial score (nSPS) is 10.8. The molecule has 0 radical (unpaired) electrons. The maximum atomic E-state index is 11.5. The van der Waals surface area contributed by atoms with Crippen LogP contribution in [-0.2, 0) is 11.3 Å². The van der Waals surface area contributed by atoms with E-state index in [0.29, 0.717) is 23.6 Å². The van der Waals surface area contributed by atoms with Crippen molar-refractivity contribution in [2.24, 2.45) is 0 Å². The SMILES string of the molecule is CCCOCc1noc(-c2c(C)ccc(C)c2C(=O)O)n1. The van der Waals surface area contributed by atoms with Gasteiger partial charge in [-0.25, -0.2) is 4.79 Å². The van der Waals surface area contributed by atoms with Crippen LogP contribution in [0.3, 0.4) is 0 Å². The van der Waals surface area contributed by atoms with Gasteiger partial charge in [-0.3, -0.25) is 0 Å². The summed E-state index contributed by atoms with van der Waals surface area (Å²) in [6, 6.07) is 3.61. The van der Waals surface area contributed by atoms with Gasteiger partial charge in [-0.2, -0.15) is 4.98 Å². The Balaban J connectivity index is 2.38. The van der Waals surface area contributed by atoms with Gasteiger partial charge in [0.25, 0.3) is 5.89 Å². The van der Waals surface area contributed by atoms with Crippen molar-refractivity contribution in [2.45, 2.75) is 33.8 Å². The Bertz CT molecular complexity index is 649. The summed E-state index contributed by atoms with van der Waals surface area (Å²) in [7, 11) is 0. The number of ether oxygens (including phenoxy) is 1. The van der Waals surface area contributed by atoms with E-state index in [2.05, 4.69) is 10.1 Å². The Labute approximate surface area is 122 Å². The lowest BCUT2D eigenvalue weighted by atomic mass is 9.97. The number of carboxylic acid groups (broad SMARTS) is 1. The third-order valence-corrected chi connectivity index (χ3v) is 3.10. The summed E-state index contributed by atoms with van der Waals surface area (Å²) in [6.07, 6.45) is 0.908. The standard InChI is InChI=1S/C15H18N2O4/c1-4-7-20-8-11-16-14(21-17-11)12-9(2)5-6-10(3)13(12)15(18)19/h5-6H,4,7-8H2,1-3H3,(H,18,19). The second kappa shape index (κ2) is 6.49. The first kappa shape index (κ1) is 15.2. The summed E-state index contributed by atoms with van der Waals surface area (Å²) in [5.74, 6) is -0.382. The minimum atomic E-state index is -1.01. The molecule has 6 nitrogen and oxygen atoms in total. The van der Waals surface area contributed by atoms with E-state index in [1.807, 2.05) is 19.9 Å². The van der Waals surface area contributed by atoms with Crippen LogP contribution in [0.5, 0.6) is 0 Å². The summed E-state index contributed by atoms with van der Waals surface area (Å²) in [6.45, 7) is 6.45. The molecule has 0 aliphatic heterocycles. The van der Waals surface area contributed by atoms with E-state index in [-0.39, 0.29) is 18.1 Å². The lowest BCUT2D eigenvalue weighted by Gasteiger charge is -2.08. The highest BCUT2D eigenvalue weighted by molar-refractivity contribution is 5.97. The van der Waals surface area contributed by atoms with Gasteiger partial charge in [0, 0.05) is 6.61 Å². The zero-order valence-corrected chi connectivity index (χ0v) is 12.3. The van der Waals surface area contributed by atoms with Crippen molar-refractivity contribution in [2.75, 3.05) is 6.61 Å². The Kier molecular flexibility index (Phi) is 4.70. The average Bonchev–Trinajstić information content (AvgIpc) is 2.89. The fourth-order valence-corrected chi connectivity index (χ4v) is 2.08. The highest BCUT2D eigenvalue weighted by Crippen LogP contribution is 2.28. The molecule has 1 N–H and O–H groups in total. The Morgan fingerprint density at radius 2 is 2.05 bits per heavy atom. The van der Waals surface area contributed by atoms with Crippen molar-refractivity contribution in [1.29, 1.82) is 0 Å². The van der Waals surface area contributed by atoms with Gasteiger partial charge >= 0.3 is 5.97 Å². The monoisotopic (exact) mass is 290 g/mol. The summed E-state index contributed by atoms with van der Waals surface area (Å²) < 4.78 is 10.6. The Morgan fingerprint density at radius 3 is 2.71 bits per heavy atom. The summed E-state index contributed by atoms with van der Waals surface area (Å²) in [5.41, 5.74) is 2.10. The quantitative estimate of drug-likeness (QED) is 0.823. The number of hydrogen-bond donors (Lipinski definition) is 1. The van der Waals surface area contributed by atoms with E-state index in [0.717, 1.165) is 12.0 Å². The maximum absolute atomic E-state index is 11.5. The molecule has 0 aliphatic carbocycles. The van der Waals surface area contributed by atoms with Gasteiger partial charge < -0.3 is 14.4 Å². The highest BCUT2D eigenvalue weighted by atomic mass is 16.5. The van der Waals surface area contributed by atoms with Crippen molar-refractivity contribution < 1.29 is 19.2 Å². The topological polar surface area (TPSA) is 85.5 Å². The molecule has 2 aromatic rings. The summed E-state index contributed by atoms with van der Waals surface area (Å²) in [5, 5.41) is 13.2. The Morgan fingerprint density at radius 1 is 1.33 bits per heavy atom. The van der Waals surface area contributed by atoms with E-state index in [9.17, 15) is 9.90 Å². The van der Waals surface area contributed by atoms with E-state index in [4.69, 9.17) is 9.26 Å². The fraction of sp³-hybridized carbons (Fsp3) is 0.400. The van der Waals surface area contributed by atoms with Gasteiger partial charge in [0.05, 0.1) is 11.1 Å². The molecule has 0 saturated carbocycles. The van der Waals surface area contributed by atoms with Gasteiger partial charge in [0.15, 0.2) is 5.82 Å². The molecule has 112 valence electrons. The number of carbonyl (C=O) groups is 1. The van der Waals surface area contributed by atoms with Crippen LogP contribution in [0.25, 0.3) is 11.5 Å². The second-order valence-electron chi connectivity index (χ2n) is 4.82. The molecule has 1 heterocycles. The van der Waals surface area contributed by atoms with Crippen LogP contribution in [-0.4, -0.2) is 27.8 Å². The highest BCUT2D eigenvalue weighted by Gasteiger charge is 2.21. The van der Waals surface area contributed by atoms with Crippen LogP contribution in [0.4, 0.5) is 0 Å². The van der Waals surface area contributed by atoms with E-state index in [1.165, 1.54) is 0 Å². The lowest BCUT2D eigenvalue weighted by Crippen LogP contribution is -2.04. The molecule has 0 amide bonds. The van der Waals surface area contributed by atoms with Crippen LogP contribution >= 0.6 is 0 Å². The number of rotatable bonds is 6. The van der Waals surface area contributed by atoms with Crippen molar-refractivity contribution in [3.63, 3.8) is 0 Å². The maximum Gasteiger partial charge on any atom is 0.336 e. The van der Waals surface area contributed by atoms with Gasteiger partial charge in [-0.15, -0.1) is 0 Å². The smallest absolute Gasteiger partial charge is 0.336 e. The number of aryl methyl sites for hydroxylation is 2. The van der Waals surface area contributed by atoms with E-state index >= 15 is 0 Å². The summed E-state index contributed by atoms with van der Waals surface area (Å²) in [4.78, 5) is 15.7. The fourth-order valence-electron chi connectivity index (χ4n) is 2.08. The first-order valence-electron chi connectivity index (χ1n) is 6.78. The van der Waals surface area contributed by atoms with Gasteiger partial charge in [0.2, 0.25) is 0 Å². The molecule has 0 atom stereocenters. The first-order valence-corrected chi connectivity index (χ1v) is 6.78. The van der Waals surface area contributed by atoms with Crippen LogP contribution in [0.15, 0.2) is 16.7 Å². The largest absolute Gasteiger partial charge is 0.478 e. The average molecular weight is 290 g/mol. The molecule has 0 saturated heterocycles. The van der Waals surface area contributed by atoms with Crippen molar-refractivity contribution in [1.82, 2.24) is 10.1 Å². The third kappa shape index (κ3) is 3.28. The van der Waals surface area contributed by atoms with Crippen molar-refractivity contribution in [3.05, 3.63) is 34.6 Å². The zero-order chi connectivity index (χ0) is 15.4. The van der Waals surface area contributed by atoms with Crippen LogP contribution in [0.1, 0.15) is 40.7 Å². The molecular weight excluding hydrogens is 272 g/mol.